The van der Waals surface area contributed by atoms with Crippen molar-refractivity contribution in [3.8, 4) is 0 Å². The molecule has 0 aromatic rings. The summed E-state index contributed by atoms with van der Waals surface area (Å²) < 4.78 is 18.0. The maximum Gasteiger partial charge on any atom is 0.117 e. The smallest absolute Gasteiger partial charge is 0.117 e. The summed E-state index contributed by atoms with van der Waals surface area (Å²) in [7, 11) is 0. The fourth-order valence-corrected chi connectivity index (χ4v) is 2.62. The van der Waals surface area contributed by atoms with Crippen LogP contribution in [0.5, 0.6) is 0 Å². The summed E-state index contributed by atoms with van der Waals surface area (Å²) in [5.41, 5.74) is 0. The van der Waals surface area contributed by atoms with Crippen LogP contribution in [0.3, 0.4) is 0 Å². The Bertz CT molecular complexity index is 171. The lowest BCUT2D eigenvalue weighted by atomic mass is 10.2. The molecular formula is C11H20FNO. The Hall–Kier alpha value is -0.150. The van der Waals surface area contributed by atoms with Crippen molar-refractivity contribution in [2.24, 2.45) is 0 Å². The van der Waals surface area contributed by atoms with Crippen LogP contribution in [0.25, 0.3) is 0 Å². The van der Waals surface area contributed by atoms with Gasteiger partial charge < -0.3 is 4.74 Å². The summed E-state index contributed by atoms with van der Waals surface area (Å²) in [6, 6.07) is 0.714. The Morgan fingerprint density at radius 1 is 1.21 bits per heavy atom. The Morgan fingerprint density at radius 2 is 2.00 bits per heavy atom. The first-order valence-corrected chi connectivity index (χ1v) is 5.82. The average molecular weight is 201 g/mol. The minimum Gasteiger partial charge on any atom is -0.374 e. The molecule has 1 saturated heterocycles. The molecule has 82 valence electrons. The summed E-state index contributed by atoms with van der Waals surface area (Å²) >= 11 is 0. The third-order valence-corrected chi connectivity index (χ3v) is 3.39. The predicted molar refractivity (Wildman–Crippen MR) is 54.2 cm³/mol. The molecule has 1 saturated carbocycles. The van der Waals surface area contributed by atoms with Gasteiger partial charge in [0.1, 0.15) is 6.67 Å². The maximum atomic E-state index is 12.6. The maximum absolute atomic E-state index is 12.6. The quantitative estimate of drug-likeness (QED) is 0.677. The molecule has 0 aromatic carbocycles. The number of hydrogen-bond acceptors (Lipinski definition) is 2. The van der Waals surface area contributed by atoms with Gasteiger partial charge in [-0.25, -0.2) is 4.39 Å². The highest BCUT2D eigenvalue weighted by atomic mass is 19.1. The zero-order chi connectivity index (χ0) is 9.80. The molecule has 1 aliphatic heterocycles. The number of ether oxygens (including phenoxy) is 1. The van der Waals surface area contributed by atoms with E-state index in [4.69, 9.17) is 4.74 Å². The first kappa shape index (κ1) is 10.4. The molecule has 0 amide bonds. The van der Waals surface area contributed by atoms with Crippen LogP contribution in [0, 0.1) is 0 Å². The lowest BCUT2D eigenvalue weighted by molar-refractivity contribution is 0.0314. The molecule has 1 atom stereocenters. The summed E-state index contributed by atoms with van der Waals surface area (Å²) in [6.45, 7) is 2.31. The second kappa shape index (κ2) is 5.08. The van der Waals surface area contributed by atoms with Crippen LogP contribution in [0.15, 0.2) is 0 Å². The van der Waals surface area contributed by atoms with Crippen LogP contribution >= 0.6 is 0 Å². The summed E-state index contributed by atoms with van der Waals surface area (Å²) in [4.78, 5) is 2.45. The molecule has 1 aliphatic carbocycles. The summed E-state index contributed by atoms with van der Waals surface area (Å²) in [5.74, 6) is 0. The van der Waals surface area contributed by atoms with E-state index in [-0.39, 0.29) is 12.8 Å². The third kappa shape index (κ3) is 2.45. The molecule has 2 nitrogen and oxygen atoms in total. The molecular weight excluding hydrogens is 181 g/mol. The number of alkyl halides is 1. The first-order valence-electron chi connectivity index (χ1n) is 5.82. The van der Waals surface area contributed by atoms with E-state index in [2.05, 4.69) is 4.90 Å². The van der Waals surface area contributed by atoms with E-state index in [1.807, 2.05) is 0 Å². The number of nitrogens with zero attached hydrogens (tertiary/aromatic N) is 1. The van der Waals surface area contributed by atoms with E-state index < -0.39 is 0 Å². The zero-order valence-corrected chi connectivity index (χ0v) is 8.75. The van der Waals surface area contributed by atoms with Crippen molar-refractivity contribution in [2.75, 3.05) is 26.4 Å². The monoisotopic (exact) mass is 201 g/mol. The van der Waals surface area contributed by atoms with Crippen molar-refractivity contribution in [1.82, 2.24) is 4.90 Å². The van der Waals surface area contributed by atoms with E-state index in [1.54, 1.807) is 0 Å². The third-order valence-electron chi connectivity index (χ3n) is 3.39. The molecule has 0 N–H and O–H groups in total. The highest BCUT2D eigenvalue weighted by Crippen LogP contribution is 2.24. The Morgan fingerprint density at radius 3 is 2.71 bits per heavy atom. The van der Waals surface area contributed by atoms with Gasteiger partial charge in [0.2, 0.25) is 0 Å². The van der Waals surface area contributed by atoms with Crippen LogP contribution in [-0.4, -0.2) is 43.4 Å². The molecule has 0 radical (unpaired) electrons. The molecule has 2 fully saturated rings. The van der Waals surface area contributed by atoms with E-state index in [1.165, 1.54) is 25.7 Å². The Labute approximate surface area is 85.4 Å². The second-order valence-electron chi connectivity index (χ2n) is 4.43. The van der Waals surface area contributed by atoms with Gasteiger partial charge in [0.15, 0.2) is 0 Å². The zero-order valence-electron chi connectivity index (χ0n) is 8.75. The van der Waals surface area contributed by atoms with Crippen LogP contribution < -0.4 is 0 Å². The van der Waals surface area contributed by atoms with Gasteiger partial charge in [-0.15, -0.1) is 0 Å². The summed E-state index contributed by atoms with van der Waals surface area (Å²) in [5, 5.41) is 0. The average Bonchev–Trinajstić information content (AvgIpc) is 2.63. The molecule has 3 heteroatoms. The lowest BCUT2D eigenvalue weighted by Gasteiger charge is -2.28. The molecule has 14 heavy (non-hydrogen) atoms. The fraction of sp³-hybridized carbons (Fsp3) is 1.00. The van der Waals surface area contributed by atoms with Gasteiger partial charge in [-0.05, 0) is 19.3 Å². The molecule has 0 unspecified atom stereocenters. The van der Waals surface area contributed by atoms with Crippen LogP contribution in [0.4, 0.5) is 4.39 Å². The normalized spacial score (nSPS) is 31.9. The van der Waals surface area contributed by atoms with Crippen molar-refractivity contribution < 1.29 is 9.13 Å². The molecule has 0 bridgehead atoms. The highest BCUT2D eigenvalue weighted by molar-refractivity contribution is 4.80. The van der Waals surface area contributed by atoms with Crippen molar-refractivity contribution in [3.05, 3.63) is 0 Å². The SMILES string of the molecule is FC[C@@H]1CN(C2CCCC2)CCCO1. The van der Waals surface area contributed by atoms with Crippen molar-refractivity contribution in [1.29, 1.82) is 0 Å². The fourth-order valence-electron chi connectivity index (χ4n) is 2.62. The molecule has 1 heterocycles. The lowest BCUT2D eigenvalue weighted by Crippen LogP contribution is -2.39. The number of hydrogen-bond donors (Lipinski definition) is 0. The first-order chi connectivity index (χ1) is 6.90. The predicted octanol–water partition coefficient (Wildman–Crippen LogP) is 1.99. The molecule has 0 aromatic heterocycles. The van der Waals surface area contributed by atoms with E-state index in [0.717, 1.165) is 26.1 Å². The van der Waals surface area contributed by atoms with Gasteiger partial charge in [0.25, 0.3) is 0 Å². The molecule has 2 aliphatic rings. The van der Waals surface area contributed by atoms with Gasteiger partial charge in [0.05, 0.1) is 6.10 Å². The Kier molecular flexibility index (Phi) is 3.76. The van der Waals surface area contributed by atoms with Crippen molar-refractivity contribution >= 4 is 0 Å². The standard InChI is InChI=1S/C11H20FNO/c12-8-11-9-13(6-3-7-14-11)10-4-1-2-5-10/h10-11H,1-9H2/t11-/m1/s1. The highest BCUT2D eigenvalue weighted by Gasteiger charge is 2.26. The van der Waals surface area contributed by atoms with Crippen molar-refractivity contribution in [2.45, 2.75) is 44.2 Å². The van der Waals surface area contributed by atoms with E-state index in [0.29, 0.717) is 6.04 Å². The van der Waals surface area contributed by atoms with Crippen LogP contribution in [0.1, 0.15) is 32.1 Å². The summed E-state index contributed by atoms with van der Waals surface area (Å²) in [6.07, 6.45) is 6.20. The number of halogens is 1. The van der Waals surface area contributed by atoms with Gasteiger partial charge >= 0.3 is 0 Å². The topological polar surface area (TPSA) is 12.5 Å². The van der Waals surface area contributed by atoms with Crippen molar-refractivity contribution in [3.63, 3.8) is 0 Å². The number of rotatable bonds is 2. The second-order valence-corrected chi connectivity index (χ2v) is 4.43. The van der Waals surface area contributed by atoms with Gasteiger partial charge in [0, 0.05) is 25.7 Å². The van der Waals surface area contributed by atoms with E-state index >= 15 is 0 Å². The van der Waals surface area contributed by atoms with Gasteiger partial charge in [-0.1, -0.05) is 12.8 Å². The molecule has 2 rings (SSSR count). The molecule has 0 spiro atoms. The minimum absolute atomic E-state index is 0.168. The Balaban J connectivity index is 1.88. The van der Waals surface area contributed by atoms with Gasteiger partial charge in [-0.3, -0.25) is 4.90 Å². The largest absolute Gasteiger partial charge is 0.374 e. The minimum atomic E-state index is -0.330. The van der Waals surface area contributed by atoms with E-state index in [9.17, 15) is 4.39 Å². The van der Waals surface area contributed by atoms with Gasteiger partial charge in [-0.2, -0.15) is 0 Å². The van der Waals surface area contributed by atoms with Crippen LogP contribution in [0.2, 0.25) is 0 Å². The van der Waals surface area contributed by atoms with Crippen LogP contribution in [-0.2, 0) is 4.74 Å².